The molecule has 0 aliphatic carbocycles. The lowest BCUT2D eigenvalue weighted by atomic mass is 10.1. The summed E-state index contributed by atoms with van der Waals surface area (Å²) in [5.74, 6) is 0.132. The molecule has 1 fully saturated rings. The summed E-state index contributed by atoms with van der Waals surface area (Å²) in [6.45, 7) is 4.03. The highest BCUT2D eigenvalue weighted by Gasteiger charge is 2.19. The maximum Gasteiger partial charge on any atom is 0.253 e. The minimum atomic E-state index is 0.0134. The Morgan fingerprint density at radius 2 is 1.88 bits per heavy atom. The molecular formula is C19H29N3O3. The van der Waals surface area contributed by atoms with Gasteiger partial charge in [-0.3, -0.25) is 14.5 Å². The second-order valence-electron chi connectivity index (χ2n) is 6.56. The molecule has 25 heavy (non-hydrogen) atoms. The third kappa shape index (κ3) is 6.48. The molecular weight excluding hydrogens is 318 g/mol. The van der Waals surface area contributed by atoms with Gasteiger partial charge in [0.05, 0.1) is 6.54 Å². The molecule has 1 aliphatic heterocycles. The second kappa shape index (κ2) is 10.2. The monoisotopic (exact) mass is 347 g/mol. The number of carbonyl (C=O) groups is 2. The molecule has 0 aromatic heterocycles. The Hall–Kier alpha value is -1.92. The van der Waals surface area contributed by atoms with Crippen molar-refractivity contribution >= 4 is 11.8 Å². The average Bonchev–Trinajstić information content (AvgIpc) is 3.13. The van der Waals surface area contributed by atoms with Crippen LogP contribution in [0.15, 0.2) is 24.3 Å². The summed E-state index contributed by atoms with van der Waals surface area (Å²) in [6.07, 6.45) is 3.02. The normalized spacial score (nSPS) is 14.1. The molecule has 6 heteroatoms. The summed E-state index contributed by atoms with van der Waals surface area (Å²) in [5, 5.41) is 2.88. The van der Waals surface area contributed by atoms with E-state index in [2.05, 4.69) is 5.32 Å². The number of nitrogens with one attached hydrogen (secondary N) is 1. The Kier molecular flexibility index (Phi) is 7.88. The smallest absolute Gasteiger partial charge is 0.253 e. The van der Waals surface area contributed by atoms with Gasteiger partial charge < -0.3 is 15.0 Å². The van der Waals surface area contributed by atoms with Gasteiger partial charge in [-0.2, -0.15) is 0 Å². The van der Waals surface area contributed by atoms with Crippen LogP contribution in [0, 0.1) is 0 Å². The van der Waals surface area contributed by atoms with E-state index in [0.717, 1.165) is 43.5 Å². The zero-order chi connectivity index (χ0) is 18.1. The van der Waals surface area contributed by atoms with Gasteiger partial charge in [-0.25, -0.2) is 0 Å². The fourth-order valence-corrected chi connectivity index (χ4v) is 2.97. The zero-order valence-electron chi connectivity index (χ0n) is 15.3. The minimum Gasteiger partial charge on any atom is -0.385 e. The van der Waals surface area contributed by atoms with Crippen LogP contribution in [0.5, 0.6) is 0 Å². The van der Waals surface area contributed by atoms with Crippen molar-refractivity contribution in [1.82, 2.24) is 15.1 Å². The van der Waals surface area contributed by atoms with Gasteiger partial charge in [0.1, 0.15) is 0 Å². The molecule has 1 aliphatic rings. The topological polar surface area (TPSA) is 61.9 Å². The number of carbonyl (C=O) groups excluding carboxylic acids is 2. The summed E-state index contributed by atoms with van der Waals surface area (Å²) in [5.41, 5.74) is 1.83. The quantitative estimate of drug-likeness (QED) is 0.688. The van der Waals surface area contributed by atoms with E-state index in [1.165, 1.54) is 0 Å². The molecule has 2 rings (SSSR count). The van der Waals surface area contributed by atoms with E-state index in [9.17, 15) is 9.59 Å². The molecule has 1 aromatic rings. The number of ether oxygens (including phenoxy) is 1. The van der Waals surface area contributed by atoms with Crippen molar-refractivity contribution in [3.8, 4) is 0 Å². The third-order valence-corrected chi connectivity index (χ3v) is 4.31. The van der Waals surface area contributed by atoms with E-state index in [-0.39, 0.29) is 11.8 Å². The zero-order valence-corrected chi connectivity index (χ0v) is 15.3. The van der Waals surface area contributed by atoms with Crippen molar-refractivity contribution < 1.29 is 14.3 Å². The lowest BCUT2D eigenvalue weighted by Gasteiger charge is -2.18. The number of hydrogen-bond donors (Lipinski definition) is 1. The van der Waals surface area contributed by atoms with Crippen molar-refractivity contribution in [3.63, 3.8) is 0 Å². The van der Waals surface area contributed by atoms with E-state index in [1.54, 1.807) is 7.11 Å². The first-order valence-electron chi connectivity index (χ1n) is 8.92. The summed E-state index contributed by atoms with van der Waals surface area (Å²) >= 11 is 0. The number of amides is 2. The summed E-state index contributed by atoms with van der Waals surface area (Å²) in [7, 11) is 3.57. The Bertz CT molecular complexity index is 554. The van der Waals surface area contributed by atoms with Crippen LogP contribution >= 0.6 is 0 Å². The fourth-order valence-electron chi connectivity index (χ4n) is 2.97. The highest BCUT2D eigenvalue weighted by atomic mass is 16.5. The van der Waals surface area contributed by atoms with Crippen molar-refractivity contribution in [2.45, 2.75) is 25.8 Å². The molecule has 0 spiro atoms. The molecule has 138 valence electrons. The van der Waals surface area contributed by atoms with Crippen LogP contribution < -0.4 is 5.32 Å². The molecule has 6 nitrogen and oxygen atoms in total. The number of rotatable bonds is 9. The van der Waals surface area contributed by atoms with Crippen molar-refractivity contribution in [2.75, 3.05) is 46.9 Å². The maximum absolute atomic E-state index is 12.3. The van der Waals surface area contributed by atoms with Gasteiger partial charge in [0.2, 0.25) is 5.91 Å². The molecule has 0 unspecified atom stereocenters. The molecule has 2 amide bonds. The average molecular weight is 347 g/mol. The predicted molar refractivity (Wildman–Crippen MR) is 97.4 cm³/mol. The first kappa shape index (κ1) is 19.4. The van der Waals surface area contributed by atoms with Crippen LogP contribution in [0.1, 0.15) is 35.2 Å². The Labute approximate surface area is 150 Å². The van der Waals surface area contributed by atoms with Crippen LogP contribution in [-0.2, 0) is 16.1 Å². The maximum atomic E-state index is 12.3. The third-order valence-electron chi connectivity index (χ3n) is 4.31. The Morgan fingerprint density at radius 3 is 2.52 bits per heavy atom. The van der Waals surface area contributed by atoms with Gasteiger partial charge in [-0.05, 0) is 44.0 Å². The Balaban J connectivity index is 1.76. The van der Waals surface area contributed by atoms with Gasteiger partial charge in [0.25, 0.3) is 5.91 Å². The van der Waals surface area contributed by atoms with Crippen LogP contribution in [0.4, 0.5) is 0 Å². The first-order valence-corrected chi connectivity index (χ1v) is 8.92. The van der Waals surface area contributed by atoms with Gasteiger partial charge >= 0.3 is 0 Å². The fraction of sp³-hybridized carbons (Fsp3) is 0.579. The molecule has 0 bridgehead atoms. The van der Waals surface area contributed by atoms with Crippen molar-refractivity contribution in [3.05, 3.63) is 35.4 Å². The number of likely N-dealkylation sites (tertiary alicyclic amines) is 1. The highest BCUT2D eigenvalue weighted by molar-refractivity contribution is 5.94. The summed E-state index contributed by atoms with van der Waals surface area (Å²) < 4.78 is 4.95. The molecule has 0 saturated carbocycles. The largest absolute Gasteiger partial charge is 0.385 e. The molecule has 1 aromatic carbocycles. The van der Waals surface area contributed by atoms with E-state index in [4.69, 9.17) is 4.74 Å². The molecule has 1 heterocycles. The van der Waals surface area contributed by atoms with E-state index in [0.29, 0.717) is 26.2 Å². The number of nitrogens with zero attached hydrogens (tertiary/aromatic N) is 2. The van der Waals surface area contributed by atoms with Gasteiger partial charge in [0.15, 0.2) is 0 Å². The van der Waals surface area contributed by atoms with Crippen LogP contribution in [0.25, 0.3) is 0 Å². The lowest BCUT2D eigenvalue weighted by Crippen LogP contribution is -2.35. The van der Waals surface area contributed by atoms with Gasteiger partial charge in [-0.15, -0.1) is 0 Å². The van der Waals surface area contributed by atoms with Crippen LogP contribution in [0.2, 0.25) is 0 Å². The summed E-state index contributed by atoms with van der Waals surface area (Å²) in [4.78, 5) is 28.1. The molecule has 1 saturated heterocycles. The van der Waals surface area contributed by atoms with Crippen LogP contribution in [0.3, 0.4) is 0 Å². The van der Waals surface area contributed by atoms with E-state index < -0.39 is 0 Å². The van der Waals surface area contributed by atoms with Crippen molar-refractivity contribution in [1.29, 1.82) is 0 Å². The van der Waals surface area contributed by atoms with E-state index in [1.807, 2.05) is 41.1 Å². The van der Waals surface area contributed by atoms with E-state index >= 15 is 0 Å². The predicted octanol–water partition coefficient (Wildman–Crippen LogP) is 1.51. The minimum absolute atomic E-state index is 0.0134. The van der Waals surface area contributed by atoms with Gasteiger partial charge in [-0.1, -0.05) is 12.1 Å². The van der Waals surface area contributed by atoms with Crippen molar-refractivity contribution in [2.24, 2.45) is 0 Å². The number of hydrogen-bond acceptors (Lipinski definition) is 4. The Morgan fingerprint density at radius 1 is 1.20 bits per heavy atom. The highest BCUT2D eigenvalue weighted by Crippen LogP contribution is 2.14. The molecule has 0 atom stereocenters. The van der Waals surface area contributed by atoms with Crippen LogP contribution in [-0.4, -0.2) is 68.6 Å². The second-order valence-corrected chi connectivity index (χ2v) is 6.56. The summed E-state index contributed by atoms with van der Waals surface area (Å²) in [6, 6.07) is 7.70. The number of benzene rings is 1. The van der Waals surface area contributed by atoms with Gasteiger partial charge in [0, 0.05) is 45.5 Å². The molecule has 0 radical (unpaired) electrons. The number of methoxy groups -OCH3 is 1. The molecule has 1 N–H and O–H groups in total. The lowest BCUT2D eigenvalue weighted by molar-refractivity contribution is -0.122. The number of likely N-dealkylation sites (N-methyl/N-ethyl adjacent to an activating group) is 1. The SMILES string of the molecule is COCCCNC(=O)CN(C)Cc1ccc(C(=O)N2CCCC2)cc1. The standard InChI is InChI=1S/C19H29N3O3/c1-21(15-18(23)20-10-5-13-25-2)14-16-6-8-17(9-7-16)19(24)22-11-3-4-12-22/h6-9H,3-5,10-15H2,1-2H3,(H,20,23). The first-order chi connectivity index (χ1) is 12.1.